The van der Waals surface area contributed by atoms with Crippen molar-refractivity contribution in [2.24, 2.45) is 0 Å². The molecule has 0 radical (unpaired) electrons. The Hall–Kier alpha value is -2.24. The standard InChI is InChI=1S/C15H20N2O4/c1-15(2,3)21-14(19)16-8-11-10-6-5-9(20-4)7-12(10)17-13(11)18/h5-7,11H,8H2,1-4H3,(H,16,19)(H,17,18). The first-order valence-electron chi connectivity index (χ1n) is 6.76. The number of hydrogen-bond donors (Lipinski definition) is 2. The van der Waals surface area contributed by atoms with Crippen LogP contribution in [0, 0.1) is 0 Å². The third kappa shape index (κ3) is 3.65. The largest absolute Gasteiger partial charge is 0.497 e. The maximum absolute atomic E-state index is 12.0. The van der Waals surface area contributed by atoms with Crippen molar-refractivity contribution in [2.45, 2.75) is 32.3 Å². The van der Waals surface area contributed by atoms with Crippen LogP contribution in [0.15, 0.2) is 18.2 Å². The normalized spacial score (nSPS) is 17.0. The molecule has 6 nitrogen and oxygen atoms in total. The highest BCUT2D eigenvalue weighted by Crippen LogP contribution is 2.34. The summed E-state index contributed by atoms with van der Waals surface area (Å²) < 4.78 is 10.3. The predicted octanol–water partition coefficient (Wildman–Crippen LogP) is 2.26. The van der Waals surface area contributed by atoms with Crippen molar-refractivity contribution in [1.82, 2.24) is 5.32 Å². The monoisotopic (exact) mass is 292 g/mol. The maximum atomic E-state index is 12.0. The van der Waals surface area contributed by atoms with Crippen LogP contribution in [0.1, 0.15) is 32.3 Å². The number of hydrogen-bond acceptors (Lipinski definition) is 4. The molecule has 6 heteroatoms. The second-order valence-corrected chi connectivity index (χ2v) is 5.88. The molecule has 2 rings (SSSR count). The van der Waals surface area contributed by atoms with E-state index in [1.165, 1.54) is 0 Å². The van der Waals surface area contributed by atoms with Crippen molar-refractivity contribution < 1.29 is 19.1 Å². The maximum Gasteiger partial charge on any atom is 0.407 e. The van der Waals surface area contributed by atoms with Crippen LogP contribution in [-0.2, 0) is 9.53 Å². The Morgan fingerprint density at radius 3 is 2.71 bits per heavy atom. The van der Waals surface area contributed by atoms with Crippen LogP contribution in [0.3, 0.4) is 0 Å². The molecule has 0 aliphatic carbocycles. The summed E-state index contributed by atoms with van der Waals surface area (Å²) in [5, 5.41) is 5.41. The Labute approximate surface area is 123 Å². The van der Waals surface area contributed by atoms with Crippen LogP contribution in [-0.4, -0.2) is 31.3 Å². The summed E-state index contributed by atoms with van der Waals surface area (Å²) in [7, 11) is 1.57. The molecule has 21 heavy (non-hydrogen) atoms. The van der Waals surface area contributed by atoms with E-state index in [9.17, 15) is 9.59 Å². The first-order valence-corrected chi connectivity index (χ1v) is 6.76. The number of fused-ring (bicyclic) bond motifs is 1. The summed E-state index contributed by atoms with van der Waals surface area (Å²) in [5.74, 6) is 0.113. The first-order chi connectivity index (χ1) is 9.80. The van der Waals surface area contributed by atoms with Crippen molar-refractivity contribution in [1.29, 1.82) is 0 Å². The van der Waals surface area contributed by atoms with Gasteiger partial charge in [-0.25, -0.2) is 4.79 Å². The van der Waals surface area contributed by atoms with E-state index in [-0.39, 0.29) is 12.5 Å². The highest BCUT2D eigenvalue weighted by atomic mass is 16.6. The lowest BCUT2D eigenvalue weighted by molar-refractivity contribution is -0.116. The molecule has 0 saturated carbocycles. The van der Waals surface area contributed by atoms with Gasteiger partial charge in [-0.15, -0.1) is 0 Å². The second-order valence-electron chi connectivity index (χ2n) is 5.88. The summed E-state index contributed by atoms with van der Waals surface area (Å²) in [6.45, 7) is 5.56. The van der Waals surface area contributed by atoms with Crippen molar-refractivity contribution in [3.63, 3.8) is 0 Å². The summed E-state index contributed by atoms with van der Waals surface area (Å²) in [6.07, 6.45) is -0.530. The molecule has 2 amide bonds. The fraction of sp³-hybridized carbons (Fsp3) is 0.467. The number of amides is 2. The predicted molar refractivity (Wildman–Crippen MR) is 78.6 cm³/mol. The summed E-state index contributed by atoms with van der Waals surface area (Å²) >= 11 is 0. The Kier molecular flexibility index (Phi) is 4.06. The number of ether oxygens (including phenoxy) is 2. The third-order valence-corrected chi connectivity index (χ3v) is 3.06. The van der Waals surface area contributed by atoms with E-state index >= 15 is 0 Å². The zero-order valence-corrected chi connectivity index (χ0v) is 12.6. The molecule has 1 aromatic rings. The fourth-order valence-corrected chi connectivity index (χ4v) is 2.14. The number of carbonyl (C=O) groups is 2. The van der Waals surface area contributed by atoms with Crippen LogP contribution in [0.5, 0.6) is 5.75 Å². The van der Waals surface area contributed by atoms with Gasteiger partial charge in [0.15, 0.2) is 0 Å². The number of nitrogens with one attached hydrogen (secondary N) is 2. The molecule has 0 bridgehead atoms. The Morgan fingerprint density at radius 1 is 1.38 bits per heavy atom. The number of rotatable bonds is 3. The summed E-state index contributed by atoms with van der Waals surface area (Å²) in [4.78, 5) is 23.6. The van der Waals surface area contributed by atoms with Gasteiger partial charge in [0, 0.05) is 18.3 Å². The molecule has 1 heterocycles. The molecule has 114 valence electrons. The quantitative estimate of drug-likeness (QED) is 0.896. The fourth-order valence-electron chi connectivity index (χ4n) is 2.14. The van der Waals surface area contributed by atoms with Crippen LogP contribution >= 0.6 is 0 Å². The summed E-state index contributed by atoms with van der Waals surface area (Å²) in [6, 6.07) is 5.38. The third-order valence-electron chi connectivity index (χ3n) is 3.06. The van der Waals surface area contributed by atoms with E-state index in [2.05, 4.69) is 10.6 Å². The lowest BCUT2D eigenvalue weighted by Gasteiger charge is -2.20. The van der Waals surface area contributed by atoms with E-state index < -0.39 is 17.6 Å². The van der Waals surface area contributed by atoms with Gasteiger partial charge >= 0.3 is 6.09 Å². The van der Waals surface area contributed by atoms with Gasteiger partial charge < -0.3 is 20.1 Å². The highest BCUT2D eigenvalue weighted by molar-refractivity contribution is 6.03. The Balaban J connectivity index is 2.03. The average Bonchev–Trinajstić information content (AvgIpc) is 2.68. The zero-order chi connectivity index (χ0) is 15.6. The second kappa shape index (κ2) is 5.63. The Bertz CT molecular complexity index is 563. The van der Waals surface area contributed by atoms with E-state index in [1.807, 2.05) is 6.07 Å². The molecule has 1 aromatic carbocycles. The molecule has 1 atom stereocenters. The molecule has 0 aromatic heterocycles. The van der Waals surface area contributed by atoms with Crippen molar-refractivity contribution in [2.75, 3.05) is 19.0 Å². The van der Waals surface area contributed by atoms with Crippen LogP contribution in [0.25, 0.3) is 0 Å². The van der Waals surface area contributed by atoms with Gasteiger partial charge in [-0.05, 0) is 32.4 Å². The molecule has 1 unspecified atom stereocenters. The summed E-state index contributed by atoms with van der Waals surface area (Å²) in [5.41, 5.74) is 1.00. The minimum absolute atomic E-state index is 0.144. The molecular weight excluding hydrogens is 272 g/mol. The lowest BCUT2D eigenvalue weighted by atomic mass is 10.0. The van der Waals surface area contributed by atoms with Crippen LogP contribution < -0.4 is 15.4 Å². The SMILES string of the molecule is COc1ccc2c(c1)NC(=O)C2CNC(=O)OC(C)(C)C. The van der Waals surface area contributed by atoms with Gasteiger partial charge in [0.05, 0.1) is 13.0 Å². The van der Waals surface area contributed by atoms with Crippen molar-refractivity contribution in [3.8, 4) is 5.75 Å². The topological polar surface area (TPSA) is 76.7 Å². The molecule has 2 N–H and O–H groups in total. The van der Waals surface area contributed by atoms with Gasteiger partial charge in [-0.3, -0.25) is 4.79 Å². The van der Waals surface area contributed by atoms with Gasteiger partial charge in [0.25, 0.3) is 0 Å². The van der Waals surface area contributed by atoms with E-state index in [4.69, 9.17) is 9.47 Å². The van der Waals surface area contributed by atoms with E-state index in [1.54, 1.807) is 40.0 Å². The number of anilines is 1. The van der Waals surface area contributed by atoms with Gasteiger partial charge in [0.2, 0.25) is 5.91 Å². The van der Waals surface area contributed by atoms with Crippen LogP contribution in [0.2, 0.25) is 0 Å². The molecule has 0 saturated heterocycles. The van der Waals surface area contributed by atoms with Crippen LogP contribution in [0.4, 0.5) is 10.5 Å². The number of carbonyl (C=O) groups excluding carboxylic acids is 2. The molecule has 0 spiro atoms. The van der Waals surface area contributed by atoms with Gasteiger partial charge in [-0.1, -0.05) is 6.07 Å². The number of benzene rings is 1. The smallest absolute Gasteiger partial charge is 0.407 e. The molecule has 1 aliphatic heterocycles. The average molecular weight is 292 g/mol. The highest BCUT2D eigenvalue weighted by Gasteiger charge is 2.31. The first kappa shape index (κ1) is 15.2. The zero-order valence-electron chi connectivity index (χ0n) is 12.6. The molecule has 1 aliphatic rings. The number of methoxy groups -OCH3 is 1. The van der Waals surface area contributed by atoms with Gasteiger partial charge in [0.1, 0.15) is 11.4 Å². The van der Waals surface area contributed by atoms with E-state index in [0.717, 1.165) is 11.3 Å². The van der Waals surface area contributed by atoms with Gasteiger partial charge in [-0.2, -0.15) is 0 Å². The van der Waals surface area contributed by atoms with Crippen molar-refractivity contribution in [3.05, 3.63) is 23.8 Å². The minimum Gasteiger partial charge on any atom is -0.497 e. The van der Waals surface area contributed by atoms with E-state index in [0.29, 0.717) is 5.75 Å². The molecule has 0 fully saturated rings. The Morgan fingerprint density at radius 2 is 2.10 bits per heavy atom. The number of alkyl carbamates (subject to hydrolysis) is 1. The minimum atomic E-state index is -0.562. The molecular formula is C15H20N2O4. The lowest BCUT2D eigenvalue weighted by Crippen LogP contribution is -2.36. The van der Waals surface area contributed by atoms with Crippen molar-refractivity contribution >= 4 is 17.7 Å².